The molecule has 2 aromatic heterocycles. The molecule has 3 aliphatic rings. The van der Waals surface area contributed by atoms with Crippen LogP contribution in [-0.2, 0) is 30.4 Å². The van der Waals surface area contributed by atoms with E-state index in [0.29, 0.717) is 49.9 Å². The van der Waals surface area contributed by atoms with E-state index in [2.05, 4.69) is 50.9 Å². The minimum atomic E-state index is -0.954. The number of fused-ring (bicyclic) bond motifs is 6. The standard InChI is InChI=1S/C48H52N8O8/c1-26(2)40(53-47(59)62-4)45(57)55-17-9-12-37(55)43-49-22-36(51-43)30-13-15-32-31(19-30)25-64-39-21-33-29(20-34(32)39)14-16-35-42(33)52-44(50-35)38-18-27(24-61-3)23-56(38)46(58)41(54-48(60)63-5)28-10-7-6-8-11-28/h6-8,10-11,13-16,19-22,26-27,37-38,40-41H,9,12,17-18,23-25H2,1-5H3,(H,49,51)(H,50,52)(H,53,59)(H,54,60)/t27-,37-,38-,40-,41+/m0/s1. The smallest absolute Gasteiger partial charge is 0.407 e. The second kappa shape index (κ2) is 17.7. The number of aromatic nitrogens is 4. The van der Waals surface area contributed by atoms with Crippen LogP contribution in [0.4, 0.5) is 9.59 Å². The van der Waals surface area contributed by atoms with Crippen molar-refractivity contribution in [2.24, 2.45) is 11.8 Å². The number of nitrogens with one attached hydrogen (secondary N) is 4. The molecule has 5 atom stereocenters. The Morgan fingerprint density at radius 3 is 2.42 bits per heavy atom. The van der Waals surface area contributed by atoms with Crippen molar-refractivity contribution in [3.8, 4) is 28.1 Å². The number of carbonyl (C=O) groups excluding carboxylic acids is 4. The van der Waals surface area contributed by atoms with E-state index >= 15 is 0 Å². The molecule has 332 valence electrons. The molecule has 2 saturated heterocycles. The molecule has 4 amide bonds. The van der Waals surface area contributed by atoms with Crippen LogP contribution < -0.4 is 15.4 Å². The fourth-order valence-corrected chi connectivity index (χ4v) is 9.53. The van der Waals surface area contributed by atoms with Crippen molar-refractivity contribution in [3.05, 3.63) is 102 Å². The number of aromatic amines is 2. The van der Waals surface area contributed by atoms with Gasteiger partial charge in [-0.2, -0.15) is 0 Å². The SMILES string of the molecule is COC[C@H]1C[C@@H](c2nc3c(ccc4cc5c(cc43)OCc3cc(-c4cnc([C@@H]6CCCN6C(=O)[C@@H](NC(=O)OC)C(C)C)[nH]4)ccc3-5)[nH]2)N(C(=O)[C@H](NC(=O)OC)c2ccccc2)C1. The van der Waals surface area contributed by atoms with Crippen molar-refractivity contribution in [3.63, 3.8) is 0 Å². The Labute approximate surface area is 370 Å². The molecule has 0 saturated carbocycles. The third-order valence-electron chi connectivity index (χ3n) is 12.7. The quantitative estimate of drug-likeness (QED) is 0.102. The minimum absolute atomic E-state index is 0.0592. The Kier molecular flexibility index (Phi) is 11.7. The van der Waals surface area contributed by atoms with Gasteiger partial charge in [0.2, 0.25) is 5.91 Å². The zero-order valence-corrected chi connectivity index (χ0v) is 36.5. The molecule has 16 heteroatoms. The maximum atomic E-state index is 14.4. The summed E-state index contributed by atoms with van der Waals surface area (Å²) < 4.78 is 21.7. The zero-order valence-electron chi connectivity index (χ0n) is 36.5. The minimum Gasteiger partial charge on any atom is -0.488 e. The summed E-state index contributed by atoms with van der Waals surface area (Å²) in [5, 5.41) is 7.36. The molecular weight excluding hydrogens is 817 g/mol. The summed E-state index contributed by atoms with van der Waals surface area (Å²) in [6, 6.07) is 21.4. The lowest BCUT2D eigenvalue weighted by atomic mass is 9.92. The van der Waals surface area contributed by atoms with Crippen molar-refractivity contribution < 1.29 is 38.1 Å². The molecule has 0 bridgehead atoms. The zero-order chi connectivity index (χ0) is 44.6. The first-order valence-corrected chi connectivity index (χ1v) is 21.7. The van der Waals surface area contributed by atoms with Crippen LogP contribution in [0.5, 0.6) is 5.75 Å². The summed E-state index contributed by atoms with van der Waals surface area (Å²) in [4.78, 5) is 73.1. The second-order valence-electron chi connectivity index (χ2n) is 17.1. The molecule has 16 nitrogen and oxygen atoms in total. The normalized spacial score (nSPS) is 18.9. The van der Waals surface area contributed by atoms with Gasteiger partial charge in [0, 0.05) is 37.1 Å². The van der Waals surface area contributed by atoms with Crippen LogP contribution in [-0.4, -0.2) is 101 Å². The topological polar surface area (TPSA) is 193 Å². The van der Waals surface area contributed by atoms with Crippen LogP contribution in [0.1, 0.15) is 74.0 Å². The molecular formula is C48H52N8O8. The Hall–Kier alpha value is -6.94. The molecule has 5 heterocycles. The highest BCUT2D eigenvalue weighted by molar-refractivity contribution is 6.07. The number of imidazole rings is 2. The maximum absolute atomic E-state index is 14.4. The van der Waals surface area contributed by atoms with Crippen LogP contribution >= 0.6 is 0 Å². The lowest BCUT2D eigenvalue weighted by molar-refractivity contribution is -0.136. The molecule has 0 unspecified atom stereocenters. The first-order chi connectivity index (χ1) is 31.0. The fraction of sp³-hybridized carbons (Fsp3) is 0.375. The van der Waals surface area contributed by atoms with E-state index in [1.807, 2.05) is 56.3 Å². The van der Waals surface area contributed by atoms with Crippen molar-refractivity contribution in [1.29, 1.82) is 0 Å². The van der Waals surface area contributed by atoms with Gasteiger partial charge in [-0.1, -0.05) is 62.4 Å². The molecule has 4 N–H and O–H groups in total. The predicted molar refractivity (Wildman–Crippen MR) is 238 cm³/mol. The van der Waals surface area contributed by atoms with Crippen LogP contribution in [0.15, 0.2) is 79.0 Å². The monoisotopic (exact) mass is 868 g/mol. The van der Waals surface area contributed by atoms with Crippen LogP contribution in [0.3, 0.4) is 0 Å². The van der Waals surface area contributed by atoms with Crippen LogP contribution in [0, 0.1) is 11.8 Å². The molecule has 2 fully saturated rings. The largest absolute Gasteiger partial charge is 0.488 e. The van der Waals surface area contributed by atoms with Gasteiger partial charge in [-0.3, -0.25) is 9.59 Å². The number of alkyl carbamates (subject to hydrolysis) is 2. The average molecular weight is 869 g/mol. The third kappa shape index (κ3) is 7.97. The summed E-state index contributed by atoms with van der Waals surface area (Å²) in [6.45, 7) is 5.64. The summed E-state index contributed by atoms with van der Waals surface area (Å²) in [5.41, 5.74) is 7.10. The number of carbonyl (C=O) groups is 4. The Bertz CT molecular complexity index is 2730. The number of methoxy groups -OCH3 is 3. The van der Waals surface area contributed by atoms with Gasteiger partial charge in [-0.05, 0) is 77.1 Å². The Morgan fingerprint density at radius 1 is 0.859 bits per heavy atom. The summed E-state index contributed by atoms with van der Waals surface area (Å²) >= 11 is 0. The van der Waals surface area contributed by atoms with Gasteiger partial charge in [0.05, 0.1) is 55.8 Å². The number of nitrogens with zero attached hydrogens (tertiary/aromatic N) is 4. The number of hydrogen-bond acceptors (Lipinski definition) is 10. The number of rotatable bonds is 11. The highest BCUT2D eigenvalue weighted by atomic mass is 16.5. The van der Waals surface area contributed by atoms with E-state index in [1.54, 1.807) is 23.1 Å². The number of ether oxygens (including phenoxy) is 4. The molecule has 0 radical (unpaired) electrons. The molecule has 0 aliphatic carbocycles. The van der Waals surface area contributed by atoms with E-state index in [1.165, 1.54) is 14.2 Å². The average Bonchev–Trinajstić information content (AvgIpc) is 4.15. The summed E-state index contributed by atoms with van der Waals surface area (Å²) in [6.07, 6.45) is 2.69. The number of H-pyrrole nitrogens is 2. The molecule has 0 spiro atoms. The molecule has 6 aromatic rings. The third-order valence-corrected chi connectivity index (χ3v) is 12.7. The maximum Gasteiger partial charge on any atom is 0.407 e. The van der Waals surface area contributed by atoms with Gasteiger partial charge >= 0.3 is 12.2 Å². The Balaban J connectivity index is 0.977. The lowest BCUT2D eigenvalue weighted by Gasteiger charge is -2.30. The predicted octanol–water partition coefficient (Wildman–Crippen LogP) is 7.34. The molecule has 9 rings (SSSR count). The number of hydrogen-bond donors (Lipinski definition) is 4. The first-order valence-electron chi connectivity index (χ1n) is 21.7. The number of benzene rings is 4. The van der Waals surface area contributed by atoms with Gasteiger partial charge in [-0.15, -0.1) is 0 Å². The molecule has 3 aliphatic heterocycles. The van der Waals surface area contributed by atoms with E-state index < -0.39 is 30.3 Å². The van der Waals surface area contributed by atoms with Gasteiger partial charge in [0.15, 0.2) is 0 Å². The summed E-state index contributed by atoms with van der Waals surface area (Å²) in [5.74, 6) is 1.62. The highest BCUT2D eigenvalue weighted by Crippen LogP contribution is 2.44. The Morgan fingerprint density at radius 2 is 1.66 bits per heavy atom. The van der Waals surface area contributed by atoms with Crippen molar-refractivity contribution in [2.75, 3.05) is 41.0 Å². The molecule has 64 heavy (non-hydrogen) atoms. The van der Waals surface area contributed by atoms with Gasteiger partial charge in [-0.25, -0.2) is 19.6 Å². The van der Waals surface area contributed by atoms with Crippen molar-refractivity contribution in [2.45, 2.75) is 63.9 Å². The van der Waals surface area contributed by atoms with Crippen LogP contribution in [0.2, 0.25) is 0 Å². The molecule has 4 aromatic carbocycles. The summed E-state index contributed by atoms with van der Waals surface area (Å²) in [7, 11) is 4.22. The fourth-order valence-electron chi connectivity index (χ4n) is 9.53. The van der Waals surface area contributed by atoms with Crippen molar-refractivity contribution in [1.82, 2.24) is 40.4 Å². The lowest BCUT2D eigenvalue weighted by Crippen LogP contribution is -2.51. The van der Waals surface area contributed by atoms with Gasteiger partial charge in [0.25, 0.3) is 5.91 Å². The van der Waals surface area contributed by atoms with E-state index in [-0.39, 0.29) is 29.7 Å². The van der Waals surface area contributed by atoms with Crippen molar-refractivity contribution >= 4 is 45.8 Å². The van der Waals surface area contributed by atoms with E-state index in [9.17, 15) is 19.2 Å². The van der Waals surface area contributed by atoms with E-state index in [0.717, 1.165) is 68.3 Å². The second-order valence-corrected chi connectivity index (χ2v) is 17.1. The number of amides is 4. The van der Waals surface area contributed by atoms with E-state index in [4.69, 9.17) is 28.9 Å². The highest BCUT2D eigenvalue weighted by Gasteiger charge is 2.42. The van der Waals surface area contributed by atoms with Gasteiger partial charge in [0.1, 0.15) is 36.1 Å². The number of likely N-dealkylation sites (tertiary alicyclic amines) is 2. The van der Waals surface area contributed by atoms with Gasteiger partial charge < -0.3 is 49.3 Å². The first kappa shape index (κ1) is 42.4. The van der Waals surface area contributed by atoms with Crippen LogP contribution in [0.25, 0.3) is 44.2 Å².